The second-order valence-electron chi connectivity index (χ2n) is 4.16. The summed E-state index contributed by atoms with van der Waals surface area (Å²) >= 11 is 12.3. The molecular formula is C14H12Cl2FN. The molecule has 1 unspecified atom stereocenters. The number of alkyl halides is 1. The predicted molar refractivity (Wildman–Crippen MR) is 72.7 cm³/mol. The molecule has 0 aliphatic rings. The Balaban J connectivity index is 2.16. The van der Waals surface area contributed by atoms with Crippen molar-refractivity contribution in [2.75, 3.05) is 0 Å². The number of halogens is 3. The van der Waals surface area contributed by atoms with Gasteiger partial charge in [-0.3, -0.25) is 4.98 Å². The van der Waals surface area contributed by atoms with Gasteiger partial charge in [-0.05, 0) is 36.2 Å². The van der Waals surface area contributed by atoms with Crippen molar-refractivity contribution in [1.82, 2.24) is 4.98 Å². The zero-order valence-corrected chi connectivity index (χ0v) is 11.3. The smallest absolute Gasteiger partial charge is 0.124 e. The second-order valence-corrected chi connectivity index (χ2v) is 5.10. The molecule has 4 heteroatoms. The van der Waals surface area contributed by atoms with E-state index < -0.39 is 0 Å². The molecule has 2 rings (SSSR count). The Morgan fingerprint density at radius 3 is 2.67 bits per heavy atom. The molecule has 1 atom stereocenters. The maximum absolute atomic E-state index is 12.9. The van der Waals surface area contributed by atoms with Crippen LogP contribution in [0.1, 0.15) is 22.2 Å². The van der Waals surface area contributed by atoms with E-state index in [-0.39, 0.29) is 11.2 Å². The lowest BCUT2D eigenvalue weighted by molar-refractivity contribution is 0.627. The van der Waals surface area contributed by atoms with Crippen LogP contribution < -0.4 is 0 Å². The van der Waals surface area contributed by atoms with Gasteiger partial charge >= 0.3 is 0 Å². The Hall–Kier alpha value is -1.12. The monoisotopic (exact) mass is 283 g/mol. The summed E-state index contributed by atoms with van der Waals surface area (Å²) < 4.78 is 12.9. The first-order chi connectivity index (χ1) is 8.56. The highest BCUT2D eigenvalue weighted by atomic mass is 35.5. The molecule has 0 saturated carbocycles. The first-order valence-electron chi connectivity index (χ1n) is 5.57. The van der Waals surface area contributed by atoms with Gasteiger partial charge in [0, 0.05) is 23.3 Å². The van der Waals surface area contributed by atoms with Gasteiger partial charge in [-0.15, -0.1) is 11.6 Å². The molecule has 94 valence electrons. The number of rotatable bonds is 3. The van der Waals surface area contributed by atoms with Crippen molar-refractivity contribution in [2.24, 2.45) is 0 Å². The topological polar surface area (TPSA) is 12.9 Å². The Kier molecular flexibility index (Phi) is 4.20. The van der Waals surface area contributed by atoms with Crippen LogP contribution in [0.2, 0.25) is 5.02 Å². The van der Waals surface area contributed by atoms with Crippen LogP contribution in [0.15, 0.2) is 36.5 Å². The van der Waals surface area contributed by atoms with Crippen molar-refractivity contribution < 1.29 is 4.39 Å². The molecule has 0 spiro atoms. The average Bonchev–Trinajstić information content (AvgIpc) is 2.32. The highest BCUT2D eigenvalue weighted by molar-refractivity contribution is 6.32. The van der Waals surface area contributed by atoms with Crippen molar-refractivity contribution in [2.45, 2.75) is 18.7 Å². The van der Waals surface area contributed by atoms with E-state index in [9.17, 15) is 4.39 Å². The summed E-state index contributed by atoms with van der Waals surface area (Å²) in [6, 6.07) is 8.16. The first kappa shape index (κ1) is 13.3. The van der Waals surface area contributed by atoms with E-state index >= 15 is 0 Å². The molecule has 0 aliphatic heterocycles. The first-order valence-corrected chi connectivity index (χ1v) is 6.38. The lowest BCUT2D eigenvalue weighted by Gasteiger charge is -2.11. The third-order valence-electron chi connectivity index (χ3n) is 2.66. The molecule has 0 amide bonds. The lowest BCUT2D eigenvalue weighted by atomic mass is 10.1. The molecular weight excluding hydrogens is 272 g/mol. The van der Waals surface area contributed by atoms with Gasteiger partial charge in [-0.25, -0.2) is 4.39 Å². The number of aromatic nitrogens is 1. The maximum atomic E-state index is 12.9. The van der Waals surface area contributed by atoms with E-state index in [4.69, 9.17) is 23.2 Å². The SMILES string of the molecule is Cc1ccc(CC(Cl)c2ccc(F)cc2Cl)nc1. The highest BCUT2D eigenvalue weighted by Gasteiger charge is 2.13. The van der Waals surface area contributed by atoms with Crippen molar-refractivity contribution in [3.8, 4) is 0 Å². The van der Waals surface area contributed by atoms with Gasteiger partial charge in [0.2, 0.25) is 0 Å². The van der Waals surface area contributed by atoms with Crippen LogP contribution in [-0.4, -0.2) is 4.98 Å². The maximum Gasteiger partial charge on any atom is 0.124 e. The highest BCUT2D eigenvalue weighted by Crippen LogP contribution is 2.30. The van der Waals surface area contributed by atoms with Crippen molar-refractivity contribution in [3.63, 3.8) is 0 Å². The van der Waals surface area contributed by atoms with Crippen LogP contribution in [-0.2, 0) is 6.42 Å². The fourth-order valence-electron chi connectivity index (χ4n) is 1.67. The Bertz CT molecular complexity index is 540. The Morgan fingerprint density at radius 1 is 1.28 bits per heavy atom. The van der Waals surface area contributed by atoms with Crippen LogP contribution in [0.5, 0.6) is 0 Å². The van der Waals surface area contributed by atoms with Crippen LogP contribution in [0.4, 0.5) is 4.39 Å². The van der Waals surface area contributed by atoms with Crippen LogP contribution in [0, 0.1) is 12.7 Å². The predicted octanol–water partition coefficient (Wildman–Crippen LogP) is 4.71. The molecule has 0 radical (unpaired) electrons. The second kappa shape index (κ2) is 5.68. The minimum Gasteiger partial charge on any atom is -0.261 e. The molecule has 18 heavy (non-hydrogen) atoms. The molecule has 0 fully saturated rings. The zero-order valence-electron chi connectivity index (χ0n) is 9.83. The summed E-state index contributed by atoms with van der Waals surface area (Å²) in [6.45, 7) is 1.98. The fraction of sp³-hybridized carbons (Fsp3) is 0.214. The Labute approximate surface area is 116 Å². The van der Waals surface area contributed by atoms with E-state index in [0.717, 1.165) is 16.8 Å². The minimum atomic E-state index is -0.360. The molecule has 2 aromatic rings. The number of pyridine rings is 1. The van der Waals surface area contributed by atoms with E-state index in [1.807, 2.05) is 19.1 Å². The molecule has 1 nitrogen and oxygen atoms in total. The average molecular weight is 284 g/mol. The van der Waals surface area contributed by atoms with Crippen molar-refractivity contribution >= 4 is 23.2 Å². The number of benzene rings is 1. The van der Waals surface area contributed by atoms with Gasteiger partial charge in [0.1, 0.15) is 5.82 Å². The molecule has 0 bridgehead atoms. The van der Waals surface area contributed by atoms with Gasteiger partial charge in [-0.2, -0.15) is 0 Å². The summed E-state index contributed by atoms with van der Waals surface area (Å²) in [4.78, 5) is 4.29. The zero-order chi connectivity index (χ0) is 13.1. The summed E-state index contributed by atoms with van der Waals surface area (Å²) in [5.74, 6) is -0.360. The van der Waals surface area contributed by atoms with E-state index in [1.54, 1.807) is 12.3 Å². The van der Waals surface area contributed by atoms with Gasteiger partial charge in [0.15, 0.2) is 0 Å². The largest absolute Gasteiger partial charge is 0.261 e. The van der Waals surface area contributed by atoms with Gasteiger partial charge in [0.05, 0.1) is 5.38 Å². The van der Waals surface area contributed by atoms with Gasteiger partial charge in [-0.1, -0.05) is 23.7 Å². The molecule has 1 heterocycles. The van der Waals surface area contributed by atoms with Crippen LogP contribution in [0.25, 0.3) is 0 Å². The number of aryl methyl sites for hydroxylation is 1. The molecule has 1 aromatic heterocycles. The summed E-state index contributed by atoms with van der Waals surface area (Å²) in [7, 11) is 0. The van der Waals surface area contributed by atoms with Crippen molar-refractivity contribution in [1.29, 1.82) is 0 Å². The fourth-order valence-corrected chi connectivity index (χ4v) is 2.37. The van der Waals surface area contributed by atoms with Crippen molar-refractivity contribution in [3.05, 3.63) is 64.2 Å². The van der Waals surface area contributed by atoms with E-state index in [2.05, 4.69) is 4.98 Å². The quantitative estimate of drug-likeness (QED) is 0.744. The molecule has 0 aliphatic carbocycles. The summed E-state index contributed by atoms with van der Waals surface area (Å²) in [6.07, 6.45) is 2.36. The number of nitrogens with zero attached hydrogens (tertiary/aromatic N) is 1. The van der Waals surface area contributed by atoms with E-state index in [0.29, 0.717) is 11.4 Å². The number of hydrogen-bond donors (Lipinski definition) is 0. The van der Waals surface area contributed by atoms with Crippen LogP contribution >= 0.6 is 23.2 Å². The summed E-state index contributed by atoms with van der Waals surface area (Å²) in [5.41, 5.74) is 2.72. The van der Waals surface area contributed by atoms with Crippen LogP contribution in [0.3, 0.4) is 0 Å². The van der Waals surface area contributed by atoms with E-state index in [1.165, 1.54) is 12.1 Å². The standard InChI is InChI=1S/C14H12Cl2FN/c1-9-2-4-11(18-8-9)7-14(16)12-5-3-10(17)6-13(12)15/h2-6,8,14H,7H2,1H3. The minimum absolute atomic E-state index is 0.312. The van der Waals surface area contributed by atoms with Gasteiger partial charge in [0.25, 0.3) is 0 Å². The normalized spacial score (nSPS) is 12.4. The Morgan fingerprint density at radius 2 is 2.06 bits per heavy atom. The third kappa shape index (κ3) is 3.21. The summed E-state index contributed by atoms with van der Waals surface area (Å²) in [5, 5.41) is 0.0374. The third-order valence-corrected chi connectivity index (χ3v) is 3.38. The molecule has 0 N–H and O–H groups in total. The number of hydrogen-bond acceptors (Lipinski definition) is 1. The molecule has 0 saturated heterocycles. The lowest BCUT2D eigenvalue weighted by Crippen LogP contribution is -1.99. The van der Waals surface area contributed by atoms with Gasteiger partial charge < -0.3 is 0 Å². The molecule has 1 aromatic carbocycles.